The number of aryl methyl sites for hydroxylation is 1. The Bertz CT molecular complexity index is 1110. The number of benzene rings is 2. The lowest BCUT2D eigenvalue weighted by molar-refractivity contribution is -0.143. The number of allylic oxidation sites excluding steroid dienone is 1. The minimum atomic E-state index is -1.00. The van der Waals surface area contributed by atoms with Gasteiger partial charge in [0, 0.05) is 22.9 Å². The van der Waals surface area contributed by atoms with E-state index in [2.05, 4.69) is 6.58 Å². The predicted molar refractivity (Wildman–Crippen MR) is 103 cm³/mol. The van der Waals surface area contributed by atoms with Crippen molar-refractivity contribution in [1.29, 1.82) is 0 Å². The van der Waals surface area contributed by atoms with E-state index in [1.165, 1.54) is 6.07 Å². The van der Waals surface area contributed by atoms with Crippen molar-refractivity contribution in [3.63, 3.8) is 0 Å². The molecule has 0 bridgehead atoms. The van der Waals surface area contributed by atoms with Crippen LogP contribution in [0.25, 0.3) is 10.8 Å². The molecule has 0 radical (unpaired) electrons. The van der Waals surface area contributed by atoms with Crippen LogP contribution in [0.1, 0.15) is 66.8 Å². The molecule has 29 heavy (non-hydrogen) atoms. The quantitative estimate of drug-likeness (QED) is 0.307. The molecule has 0 saturated heterocycles. The lowest BCUT2D eigenvalue weighted by atomic mass is 9.82. The summed E-state index contributed by atoms with van der Waals surface area (Å²) in [6.45, 7) is 6.92. The van der Waals surface area contributed by atoms with Crippen LogP contribution >= 0.6 is 0 Å². The van der Waals surface area contributed by atoms with Gasteiger partial charge in [0.25, 0.3) is 0 Å². The molecule has 7 nitrogen and oxygen atoms in total. The van der Waals surface area contributed by atoms with E-state index in [0.29, 0.717) is 10.9 Å². The van der Waals surface area contributed by atoms with Crippen molar-refractivity contribution in [2.24, 2.45) is 0 Å². The van der Waals surface area contributed by atoms with E-state index in [0.717, 1.165) is 6.08 Å². The van der Waals surface area contributed by atoms with Crippen LogP contribution in [0, 0.1) is 6.92 Å². The zero-order valence-corrected chi connectivity index (χ0v) is 16.0. The topological polar surface area (TPSA) is 104 Å². The Morgan fingerprint density at radius 3 is 2.48 bits per heavy atom. The van der Waals surface area contributed by atoms with Crippen LogP contribution in [0.5, 0.6) is 0 Å². The molecule has 0 aliphatic carbocycles. The predicted octanol–water partition coefficient (Wildman–Crippen LogP) is 3.35. The van der Waals surface area contributed by atoms with Crippen LogP contribution in [0.2, 0.25) is 0 Å². The highest BCUT2D eigenvalue weighted by Gasteiger charge is 2.35. The molecular weight excluding hydrogens is 376 g/mol. The monoisotopic (exact) mass is 394 g/mol. The summed E-state index contributed by atoms with van der Waals surface area (Å²) in [7, 11) is 0. The van der Waals surface area contributed by atoms with E-state index in [4.69, 9.17) is 9.47 Å². The summed E-state index contributed by atoms with van der Waals surface area (Å²) in [6, 6.07) is 4.76. The fraction of sp³-hybridized carbons (Fsp3) is 0.227. The fourth-order valence-electron chi connectivity index (χ4n) is 3.53. The van der Waals surface area contributed by atoms with Gasteiger partial charge in [-0.25, -0.2) is 9.59 Å². The normalized spacial score (nSPS) is 12.5. The Labute approximate surface area is 166 Å². The Balaban J connectivity index is 2.31. The number of hydrogen-bond acceptors (Lipinski definition) is 7. The van der Waals surface area contributed by atoms with Gasteiger partial charge in [0.2, 0.25) is 0 Å². The van der Waals surface area contributed by atoms with Gasteiger partial charge in [-0.3, -0.25) is 14.4 Å². The molecule has 0 aromatic heterocycles. The Morgan fingerprint density at radius 2 is 1.83 bits per heavy atom. The first kappa shape index (κ1) is 20.1. The van der Waals surface area contributed by atoms with Crippen molar-refractivity contribution < 1.29 is 33.4 Å². The molecule has 2 aromatic rings. The maximum absolute atomic E-state index is 13.0. The van der Waals surface area contributed by atoms with Gasteiger partial charge in [-0.15, -0.1) is 0 Å². The number of Topliss-reactive ketones (excluding diaryl/α,β-unsaturated/α-hetero) is 1. The Hall–Kier alpha value is -3.61. The zero-order valence-electron chi connectivity index (χ0n) is 16.0. The van der Waals surface area contributed by atoms with Crippen molar-refractivity contribution in [2.45, 2.75) is 26.7 Å². The van der Waals surface area contributed by atoms with E-state index in [9.17, 15) is 24.0 Å². The van der Waals surface area contributed by atoms with Crippen LogP contribution in [0.15, 0.2) is 30.9 Å². The third-order valence-electron chi connectivity index (χ3n) is 4.78. The molecule has 1 aliphatic heterocycles. The summed E-state index contributed by atoms with van der Waals surface area (Å²) in [6.07, 6.45) is 0.574. The summed E-state index contributed by atoms with van der Waals surface area (Å²) in [5.41, 5.74) is 0.295. The number of carbonyl (C=O) groups is 5. The van der Waals surface area contributed by atoms with Crippen LogP contribution in [0.3, 0.4) is 0 Å². The molecule has 1 aliphatic rings. The molecule has 1 heterocycles. The average Bonchev–Trinajstić information content (AvgIpc) is 2.70. The van der Waals surface area contributed by atoms with Gasteiger partial charge in [-0.2, -0.15) is 0 Å². The number of rotatable bonds is 7. The minimum Gasteiger partial charge on any atom is -0.466 e. The molecule has 0 atom stereocenters. The second kappa shape index (κ2) is 7.79. The molecule has 2 aromatic carbocycles. The largest absolute Gasteiger partial charge is 0.466 e. The summed E-state index contributed by atoms with van der Waals surface area (Å²) in [4.78, 5) is 62.1. The second-order valence-corrected chi connectivity index (χ2v) is 6.45. The highest BCUT2D eigenvalue weighted by molar-refractivity contribution is 6.29. The van der Waals surface area contributed by atoms with Gasteiger partial charge in [-0.1, -0.05) is 18.7 Å². The molecule has 0 unspecified atom stereocenters. The zero-order chi connectivity index (χ0) is 21.3. The lowest BCUT2D eigenvalue weighted by Gasteiger charge is -2.22. The van der Waals surface area contributed by atoms with Crippen molar-refractivity contribution >= 4 is 40.2 Å². The first-order valence-corrected chi connectivity index (χ1v) is 9.03. The molecular formula is C22H18O7. The second-order valence-electron chi connectivity index (χ2n) is 6.45. The van der Waals surface area contributed by atoms with Crippen LogP contribution < -0.4 is 0 Å². The Kier molecular flexibility index (Phi) is 5.41. The molecule has 3 rings (SSSR count). The van der Waals surface area contributed by atoms with Crippen molar-refractivity contribution in [3.05, 3.63) is 58.7 Å². The van der Waals surface area contributed by atoms with Crippen LogP contribution in [-0.4, -0.2) is 36.1 Å². The molecule has 148 valence electrons. The van der Waals surface area contributed by atoms with Gasteiger partial charge >= 0.3 is 17.9 Å². The van der Waals surface area contributed by atoms with Gasteiger partial charge in [0.15, 0.2) is 11.6 Å². The van der Waals surface area contributed by atoms with Crippen LogP contribution in [-0.2, 0) is 14.3 Å². The number of ketones is 2. The first-order chi connectivity index (χ1) is 13.8. The maximum Gasteiger partial charge on any atom is 0.347 e. The summed E-state index contributed by atoms with van der Waals surface area (Å²) in [5.74, 6) is -3.53. The summed E-state index contributed by atoms with van der Waals surface area (Å²) in [5, 5.41) is 0.765. The number of cyclic esters (lactones) is 2. The highest BCUT2D eigenvalue weighted by Crippen LogP contribution is 2.37. The number of carbonyl (C=O) groups excluding carboxylic acids is 5. The number of hydrogen-bond donors (Lipinski definition) is 0. The minimum absolute atomic E-state index is 0.0137. The molecule has 7 heteroatoms. The smallest absolute Gasteiger partial charge is 0.347 e. The van der Waals surface area contributed by atoms with Crippen molar-refractivity contribution in [2.75, 3.05) is 6.61 Å². The maximum atomic E-state index is 13.0. The third-order valence-corrected chi connectivity index (χ3v) is 4.78. The number of esters is 3. The van der Waals surface area contributed by atoms with E-state index in [1.54, 1.807) is 26.0 Å². The van der Waals surface area contributed by atoms with Gasteiger partial charge in [0.05, 0.1) is 24.2 Å². The molecule has 0 spiro atoms. The summed E-state index contributed by atoms with van der Waals surface area (Å²) >= 11 is 0. The highest BCUT2D eigenvalue weighted by atomic mass is 16.6. The Morgan fingerprint density at radius 1 is 1.10 bits per heavy atom. The fourth-order valence-corrected chi connectivity index (χ4v) is 3.53. The van der Waals surface area contributed by atoms with Crippen molar-refractivity contribution in [1.82, 2.24) is 0 Å². The van der Waals surface area contributed by atoms with E-state index < -0.39 is 29.5 Å². The lowest BCUT2D eigenvalue weighted by Crippen LogP contribution is -2.25. The van der Waals surface area contributed by atoms with E-state index in [-0.39, 0.29) is 47.1 Å². The molecule has 0 amide bonds. The van der Waals surface area contributed by atoms with Gasteiger partial charge < -0.3 is 9.47 Å². The van der Waals surface area contributed by atoms with Gasteiger partial charge in [-0.05, 0) is 36.9 Å². The molecule has 0 saturated carbocycles. The first-order valence-electron chi connectivity index (χ1n) is 9.03. The average molecular weight is 394 g/mol. The van der Waals surface area contributed by atoms with E-state index >= 15 is 0 Å². The SMILES string of the molecule is C=CC(=O)c1c(C(=O)CCC(=O)OCC)c2c3c(cccc3c1C)C(=O)OC2=O. The summed E-state index contributed by atoms with van der Waals surface area (Å²) < 4.78 is 9.64. The van der Waals surface area contributed by atoms with Gasteiger partial charge in [0.1, 0.15) is 0 Å². The standard InChI is InChI=1S/C22H18O7/c1-4-14(23)17-11(3)12-7-6-8-13-18(12)20(22(27)29-21(13)26)19(17)15(24)9-10-16(25)28-5-2/h4,6-8H,1,5,9-10H2,2-3H3. The third kappa shape index (κ3) is 3.35. The number of ether oxygens (including phenoxy) is 2. The van der Waals surface area contributed by atoms with Crippen LogP contribution in [0.4, 0.5) is 0 Å². The molecule has 0 fully saturated rings. The van der Waals surface area contributed by atoms with E-state index in [1.807, 2.05) is 0 Å². The molecule has 0 N–H and O–H groups in total. The van der Waals surface area contributed by atoms with Crippen molar-refractivity contribution in [3.8, 4) is 0 Å².